The number of guanidine groups is 1. The summed E-state index contributed by atoms with van der Waals surface area (Å²) in [7, 11) is 3.53. The molecule has 6 heteroatoms. The molecule has 2 aliphatic heterocycles. The van der Waals surface area contributed by atoms with Crippen LogP contribution < -0.4 is 10.6 Å². The first kappa shape index (κ1) is 18.5. The maximum absolute atomic E-state index is 5.88. The van der Waals surface area contributed by atoms with Crippen molar-refractivity contribution in [2.24, 2.45) is 4.99 Å². The molecule has 0 spiro atoms. The standard InChI is InChI=1S/C17H25N3O2.HI/c1-18-17(20-14-10-13-8-9-15(14)22-13)19-11-16(21-2)12-6-4-3-5-7-12;/h3-7,13-16H,8-11H2,1-2H3,(H2,18,19,20);1H. The minimum absolute atomic E-state index is 0. The van der Waals surface area contributed by atoms with Crippen LogP contribution in [0.1, 0.15) is 30.9 Å². The van der Waals surface area contributed by atoms with Crippen molar-refractivity contribution in [3.05, 3.63) is 35.9 Å². The maximum atomic E-state index is 5.88. The fourth-order valence-corrected chi connectivity index (χ4v) is 3.35. The van der Waals surface area contributed by atoms with Crippen LogP contribution in [0.3, 0.4) is 0 Å². The Hall–Kier alpha value is -0.860. The minimum atomic E-state index is 0. The highest BCUT2D eigenvalue weighted by Crippen LogP contribution is 2.34. The monoisotopic (exact) mass is 431 g/mol. The molecule has 4 unspecified atom stereocenters. The SMILES string of the molecule is CN=C(NCC(OC)c1ccccc1)NC1CC2CCC1O2.I. The number of ether oxygens (including phenoxy) is 2. The van der Waals surface area contributed by atoms with E-state index in [1.165, 1.54) is 6.42 Å². The summed E-state index contributed by atoms with van der Waals surface area (Å²) in [5.41, 5.74) is 1.16. The Bertz CT molecular complexity index is 512. The smallest absolute Gasteiger partial charge is 0.191 e. The van der Waals surface area contributed by atoms with Gasteiger partial charge in [-0.15, -0.1) is 24.0 Å². The van der Waals surface area contributed by atoms with Gasteiger partial charge in [-0.05, 0) is 24.8 Å². The van der Waals surface area contributed by atoms with E-state index in [1.54, 1.807) is 14.2 Å². The molecule has 2 N–H and O–H groups in total. The predicted octanol–water partition coefficient (Wildman–Crippen LogP) is 2.48. The molecule has 2 heterocycles. The largest absolute Gasteiger partial charge is 0.375 e. The molecular weight excluding hydrogens is 405 g/mol. The molecule has 128 valence electrons. The molecule has 2 bridgehead atoms. The van der Waals surface area contributed by atoms with Crippen LogP contribution in [0.2, 0.25) is 0 Å². The van der Waals surface area contributed by atoms with E-state index in [-0.39, 0.29) is 30.1 Å². The summed E-state index contributed by atoms with van der Waals surface area (Å²) in [6.45, 7) is 0.682. The zero-order chi connectivity index (χ0) is 15.4. The number of aliphatic imine (C=N–C) groups is 1. The summed E-state index contributed by atoms with van der Waals surface area (Å²) in [5.74, 6) is 0.819. The van der Waals surface area contributed by atoms with E-state index in [2.05, 4.69) is 27.8 Å². The van der Waals surface area contributed by atoms with Crippen LogP contribution in [-0.4, -0.2) is 44.9 Å². The third kappa shape index (κ3) is 4.58. The molecule has 1 aromatic carbocycles. The lowest BCUT2D eigenvalue weighted by Gasteiger charge is -2.24. The zero-order valence-electron chi connectivity index (χ0n) is 13.7. The van der Waals surface area contributed by atoms with Gasteiger partial charge in [-0.25, -0.2) is 0 Å². The molecule has 1 aromatic rings. The van der Waals surface area contributed by atoms with Gasteiger partial charge in [0.25, 0.3) is 0 Å². The number of hydrogen-bond donors (Lipinski definition) is 2. The molecule has 0 amide bonds. The van der Waals surface area contributed by atoms with Gasteiger partial charge in [-0.1, -0.05) is 30.3 Å². The summed E-state index contributed by atoms with van der Waals surface area (Å²) in [6.07, 6.45) is 4.24. The average Bonchev–Trinajstić information content (AvgIpc) is 3.18. The second-order valence-corrected chi connectivity index (χ2v) is 5.95. The number of halogens is 1. The number of methoxy groups -OCH3 is 1. The van der Waals surface area contributed by atoms with Crippen molar-refractivity contribution in [2.75, 3.05) is 20.7 Å². The fraction of sp³-hybridized carbons (Fsp3) is 0.588. The highest BCUT2D eigenvalue weighted by Gasteiger charge is 2.41. The van der Waals surface area contributed by atoms with E-state index in [4.69, 9.17) is 9.47 Å². The van der Waals surface area contributed by atoms with Crippen LogP contribution in [0.25, 0.3) is 0 Å². The van der Waals surface area contributed by atoms with Crippen molar-refractivity contribution < 1.29 is 9.47 Å². The third-order valence-corrected chi connectivity index (χ3v) is 4.56. The Morgan fingerprint density at radius 3 is 2.70 bits per heavy atom. The Labute approximate surface area is 155 Å². The molecule has 23 heavy (non-hydrogen) atoms. The molecule has 0 saturated carbocycles. The first-order chi connectivity index (χ1) is 10.8. The first-order valence-corrected chi connectivity index (χ1v) is 8.00. The minimum Gasteiger partial charge on any atom is -0.375 e. The number of rotatable bonds is 5. The molecule has 0 aliphatic carbocycles. The molecule has 2 fully saturated rings. The Kier molecular flexibility index (Phi) is 7.10. The van der Waals surface area contributed by atoms with Crippen molar-refractivity contribution in [1.29, 1.82) is 0 Å². The molecule has 0 radical (unpaired) electrons. The van der Waals surface area contributed by atoms with Gasteiger partial charge in [0.05, 0.1) is 24.4 Å². The summed E-state index contributed by atoms with van der Waals surface area (Å²) < 4.78 is 11.5. The summed E-state index contributed by atoms with van der Waals surface area (Å²) >= 11 is 0. The summed E-state index contributed by atoms with van der Waals surface area (Å²) in [5, 5.41) is 6.85. The van der Waals surface area contributed by atoms with Gasteiger partial charge < -0.3 is 20.1 Å². The highest BCUT2D eigenvalue weighted by molar-refractivity contribution is 14.0. The quantitative estimate of drug-likeness (QED) is 0.428. The van der Waals surface area contributed by atoms with Crippen molar-refractivity contribution >= 4 is 29.9 Å². The molecule has 5 nitrogen and oxygen atoms in total. The fourth-order valence-electron chi connectivity index (χ4n) is 3.35. The Balaban J connectivity index is 0.00000192. The van der Waals surface area contributed by atoms with Gasteiger partial charge in [0, 0.05) is 20.7 Å². The lowest BCUT2D eigenvalue weighted by atomic mass is 9.96. The molecule has 2 aliphatic rings. The number of nitrogens with one attached hydrogen (secondary N) is 2. The third-order valence-electron chi connectivity index (χ3n) is 4.56. The van der Waals surface area contributed by atoms with Gasteiger partial charge in [-0.3, -0.25) is 4.99 Å². The zero-order valence-corrected chi connectivity index (χ0v) is 16.0. The first-order valence-electron chi connectivity index (χ1n) is 8.00. The van der Waals surface area contributed by atoms with Crippen LogP contribution in [0, 0.1) is 0 Å². The van der Waals surface area contributed by atoms with Gasteiger partial charge in [0.2, 0.25) is 0 Å². The van der Waals surface area contributed by atoms with E-state index in [0.29, 0.717) is 24.8 Å². The molecular formula is C17H26IN3O2. The van der Waals surface area contributed by atoms with E-state index in [1.807, 2.05) is 18.2 Å². The van der Waals surface area contributed by atoms with Gasteiger partial charge in [-0.2, -0.15) is 0 Å². The van der Waals surface area contributed by atoms with E-state index in [9.17, 15) is 0 Å². The van der Waals surface area contributed by atoms with Crippen LogP contribution >= 0.6 is 24.0 Å². The van der Waals surface area contributed by atoms with Crippen molar-refractivity contribution in [3.63, 3.8) is 0 Å². The lowest BCUT2D eigenvalue weighted by Crippen LogP contribution is -2.48. The summed E-state index contributed by atoms with van der Waals surface area (Å²) in [6, 6.07) is 10.6. The van der Waals surface area contributed by atoms with Crippen molar-refractivity contribution in [3.8, 4) is 0 Å². The van der Waals surface area contributed by atoms with Crippen LogP contribution in [0.5, 0.6) is 0 Å². The second kappa shape index (κ2) is 8.84. The number of benzene rings is 1. The molecule has 4 atom stereocenters. The Morgan fingerprint density at radius 2 is 2.13 bits per heavy atom. The maximum Gasteiger partial charge on any atom is 0.191 e. The van der Waals surface area contributed by atoms with E-state index >= 15 is 0 Å². The predicted molar refractivity (Wildman–Crippen MR) is 102 cm³/mol. The normalized spacial score (nSPS) is 27.4. The molecule has 2 saturated heterocycles. The van der Waals surface area contributed by atoms with Crippen LogP contribution in [-0.2, 0) is 9.47 Å². The Morgan fingerprint density at radius 1 is 1.35 bits per heavy atom. The van der Waals surface area contributed by atoms with Gasteiger partial charge in [0.15, 0.2) is 5.96 Å². The molecule has 3 rings (SSSR count). The second-order valence-electron chi connectivity index (χ2n) is 5.95. The van der Waals surface area contributed by atoms with Gasteiger partial charge >= 0.3 is 0 Å². The van der Waals surface area contributed by atoms with Gasteiger partial charge in [0.1, 0.15) is 0 Å². The lowest BCUT2D eigenvalue weighted by molar-refractivity contribution is 0.0987. The average molecular weight is 431 g/mol. The van der Waals surface area contributed by atoms with Crippen LogP contribution in [0.15, 0.2) is 35.3 Å². The molecule has 0 aromatic heterocycles. The topological polar surface area (TPSA) is 54.9 Å². The number of nitrogens with zero attached hydrogens (tertiary/aromatic N) is 1. The highest BCUT2D eigenvalue weighted by atomic mass is 127. The van der Waals surface area contributed by atoms with E-state index < -0.39 is 0 Å². The van der Waals surface area contributed by atoms with Crippen molar-refractivity contribution in [2.45, 2.75) is 43.6 Å². The van der Waals surface area contributed by atoms with Crippen molar-refractivity contribution in [1.82, 2.24) is 10.6 Å². The summed E-state index contributed by atoms with van der Waals surface area (Å²) in [4.78, 5) is 4.32. The number of fused-ring (bicyclic) bond motifs is 2. The van der Waals surface area contributed by atoms with E-state index in [0.717, 1.165) is 24.4 Å². The number of hydrogen-bond acceptors (Lipinski definition) is 3. The van der Waals surface area contributed by atoms with Crippen LogP contribution in [0.4, 0.5) is 0 Å².